The average Bonchev–Trinajstić information content (AvgIpc) is 2.93. The smallest absolute Gasteiger partial charge is 0.257 e. The van der Waals surface area contributed by atoms with Gasteiger partial charge < -0.3 is 9.88 Å². The Balaban J connectivity index is 1.99. The number of carbonyl (C=O) groups excluding carboxylic acids is 1. The lowest BCUT2D eigenvalue weighted by Crippen LogP contribution is -2.14. The zero-order valence-electron chi connectivity index (χ0n) is 11.7. The van der Waals surface area contributed by atoms with Gasteiger partial charge >= 0.3 is 0 Å². The second-order valence-corrected chi connectivity index (χ2v) is 4.91. The molecule has 1 aromatic carbocycles. The fraction of sp³-hybridized carbons (Fsp3) is 0.200. The zero-order chi connectivity index (χ0) is 14.3. The third-order valence-corrected chi connectivity index (χ3v) is 3.42. The number of hydrogen-bond acceptors (Lipinski definition) is 2. The summed E-state index contributed by atoms with van der Waals surface area (Å²) in [6.45, 7) is 1.90. The van der Waals surface area contributed by atoms with Crippen LogP contribution in [0.5, 0.6) is 0 Å². The van der Waals surface area contributed by atoms with E-state index in [0.29, 0.717) is 11.4 Å². The SMILES string of the molecule is Cc1cc(NC(=O)c2cccc3c2ccn3C)n(C)n1. The topological polar surface area (TPSA) is 51.9 Å². The van der Waals surface area contributed by atoms with Crippen molar-refractivity contribution < 1.29 is 4.79 Å². The summed E-state index contributed by atoms with van der Waals surface area (Å²) in [7, 11) is 3.78. The van der Waals surface area contributed by atoms with Crippen molar-refractivity contribution in [2.45, 2.75) is 6.92 Å². The molecule has 0 aliphatic rings. The fourth-order valence-corrected chi connectivity index (χ4v) is 2.41. The minimum Gasteiger partial charge on any atom is -0.351 e. The zero-order valence-corrected chi connectivity index (χ0v) is 11.7. The molecular formula is C15H16N4O. The van der Waals surface area contributed by atoms with E-state index in [1.165, 1.54) is 0 Å². The molecule has 102 valence electrons. The number of aryl methyl sites for hydroxylation is 3. The molecule has 3 aromatic rings. The molecular weight excluding hydrogens is 252 g/mol. The summed E-state index contributed by atoms with van der Waals surface area (Å²) in [5, 5.41) is 8.07. The van der Waals surface area contributed by atoms with Crippen LogP contribution in [-0.2, 0) is 14.1 Å². The predicted molar refractivity (Wildman–Crippen MR) is 78.8 cm³/mol. The first-order valence-electron chi connectivity index (χ1n) is 6.42. The molecule has 0 aliphatic carbocycles. The summed E-state index contributed by atoms with van der Waals surface area (Å²) >= 11 is 0. The molecule has 0 fully saturated rings. The number of benzene rings is 1. The van der Waals surface area contributed by atoms with Gasteiger partial charge in [-0.1, -0.05) is 6.07 Å². The summed E-state index contributed by atoms with van der Waals surface area (Å²) in [5.41, 5.74) is 2.58. The average molecular weight is 268 g/mol. The molecule has 5 heteroatoms. The summed E-state index contributed by atoms with van der Waals surface area (Å²) in [6.07, 6.45) is 1.95. The van der Waals surface area contributed by atoms with E-state index in [1.807, 2.05) is 62.1 Å². The van der Waals surface area contributed by atoms with Crippen molar-refractivity contribution in [2.24, 2.45) is 14.1 Å². The molecule has 1 N–H and O–H groups in total. The van der Waals surface area contributed by atoms with Crippen molar-refractivity contribution in [3.8, 4) is 0 Å². The molecule has 3 rings (SSSR count). The van der Waals surface area contributed by atoms with Crippen LogP contribution < -0.4 is 5.32 Å². The van der Waals surface area contributed by atoms with Gasteiger partial charge in [0.25, 0.3) is 5.91 Å². The quantitative estimate of drug-likeness (QED) is 0.776. The van der Waals surface area contributed by atoms with Crippen molar-refractivity contribution in [1.29, 1.82) is 0 Å². The Morgan fingerprint density at radius 1 is 1.25 bits per heavy atom. The molecule has 2 heterocycles. The van der Waals surface area contributed by atoms with Gasteiger partial charge in [0.2, 0.25) is 0 Å². The Labute approximate surface area is 116 Å². The van der Waals surface area contributed by atoms with Crippen LogP contribution in [-0.4, -0.2) is 20.3 Å². The Bertz CT molecular complexity index is 797. The van der Waals surface area contributed by atoms with Gasteiger partial charge in [-0.2, -0.15) is 5.10 Å². The minimum absolute atomic E-state index is 0.121. The lowest BCUT2D eigenvalue weighted by Gasteiger charge is -2.06. The summed E-state index contributed by atoms with van der Waals surface area (Å²) in [5.74, 6) is 0.574. The van der Waals surface area contributed by atoms with Crippen molar-refractivity contribution in [3.63, 3.8) is 0 Å². The van der Waals surface area contributed by atoms with Crippen LogP contribution in [0.1, 0.15) is 16.1 Å². The predicted octanol–water partition coefficient (Wildman–Crippen LogP) is 2.47. The first kappa shape index (κ1) is 12.5. The van der Waals surface area contributed by atoms with E-state index in [2.05, 4.69) is 10.4 Å². The Hall–Kier alpha value is -2.56. The molecule has 1 amide bonds. The first-order chi connectivity index (χ1) is 9.56. The fourth-order valence-electron chi connectivity index (χ4n) is 2.41. The van der Waals surface area contributed by atoms with Crippen LogP contribution >= 0.6 is 0 Å². The van der Waals surface area contributed by atoms with E-state index in [9.17, 15) is 4.79 Å². The Morgan fingerprint density at radius 3 is 2.75 bits per heavy atom. The minimum atomic E-state index is -0.121. The van der Waals surface area contributed by atoms with Gasteiger partial charge in [0, 0.05) is 42.8 Å². The molecule has 0 aliphatic heterocycles. The highest BCUT2D eigenvalue weighted by atomic mass is 16.1. The number of rotatable bonds is 2. The number of fused-ring (bicyclic) bond motifs is 1. The lowest BCUT2D eigenvalue weighted by atomic mass is 10.1. The van der Waals surface area contributed by atoms with Crippen LogP contribution in [0.15, 0.2) is 36.5 Å². The van der Waals surface area contributed by atoms with Gasteiger partial charge in [0.05, 0.1) is 5.69 Å². The van der Waals surface area contributed by atoms with Crippen LogP contribution in [0, 0.1) is 6.92 Å². The van der Waals surface area contributed by atoms with Gasteiger partial charge in [-0.15, -0.1) is 0 Å². The molecule has 0 spiro atoms. The molecule has 0 saturated heterocycles. The van der Waals surface area contributed by atoms with Crippen molar-refractivity contribution in [2.75, 3.05) is 5.32 Å². The van der Waals surface area contributed by atoms with Gasteiger partial charge in [0.15, 0.2) is 0 Å². The highest BCUT2D eigenvalue weighted by Gasteiger charge is 2.13. The second kappa shape index (κ2) is 4.52. The molecule has 2 aromatic heterocycles. The molecule has 20 heavy (non-hydrogen) atoms. The summed E-state index contributed by atoms with van der Waals surface area (Å²) < 4.78 is 3.67. The largest absolute Gasteiger partial charge is 0.351 e. The molecule has 5 nitrogen and oxygen atoms in total. The number of nitrogens with one attached hydrogen (secondary N) is 1. The van der Waals surface area contributed by atoms with Crippen LogP contribution in [0.2, 0.25) is 0 Å². The standard InChI is InChI=1S/C15H16N4O/c1-10-9-14(19(3)17-10)16-15(20)12-5-4-6-13-11(12)7-8-18(13)2/h4-9H,1-3H3,(H,16,20). The van der Waals surface area contributed by atoms with Crippen LogP contribution in [0.4, 0.5) is 5.82 Å². The number of amides is 1. The molecule has 0 bridgehead atoms. The number of aromatic nitrogens is 3. The Kier molecular flexibility index (Phi) is 2.82. The monoisotopic (exact) mass is 268 g/mol. The van der Waals surface area contributed by atoms with E-state index in [4.69, 9.17) is 0 Å². The first-order valence-corrected chi connectivity index (χ1v) is 6.42. The van der Waals surface area contributed by atoms with Gasteiger partial charge in [-0.05, 0) is 25.1 Å². The highest BCUT2D eigenvalue weighted by molar-refractivity contribution is 6.12. The molecule has 0 saturated carbocycles. The lowest BCUT2D eigenvalue weighted by molar-refractivity contribution is 0.102. The summed E-state index contributed by atoms with van der Waals surface area (Å²) in [4.78, 5) is 12.4. The number of carbonyl (C=O) groups is 1. The van der Waals surface area contributed by atoms with Gasteiger partial charge in [-0.3, -0.25) is 9.48 Å². The maximum Gasteiger partial charge on any atom is 0.257 e. The van der Waals surface area contributed by atoms with E-state index >= 15 is 0 Å². The maximum atomic E-state index is 12.4. The van der Waals surface area contributed by atoms with E-state index < -0.39 is 0 Å². The number of hydrogen-bond donors (Lipinski definition) is 1. The van der Waals surface area contributed by atoms with Crippen LogP contribution in [0.3, 0.4) is 0 Å². The van der Waals surface area contributed by atoms with E-state index in [-0.39, 0.29) is 5.91 Å². The number of nitrogens with zero attached hydrogens (tertiary/aromatic N) is 3. The molecule has 0 unspecified atom stereocenters. The van der Waals surface area contributed by atoms with Crippen molar-refractivity contribution in [1.82, 2.24) is 14.3 Å². The summed E-state index contributed by atoms with van der Waals surface area (Å²) in [6, 6.07) is 9.54. The van der Waals surface area contributed by atoms with E-state index in [1.54, 1.807) is 4.68 Å². The van der Waals surface area contributed by atoms with Crippen molar-refractivity contribution in [3.05, 3.63) is 47.8 Å². The van der Waals surface area contributed by atoms with E-state index in [0.717, 1.165) is 16.6 Å². The Morgan fingerprint density at radius 2 is 2.05 bits per heavy atom. The highest BCUT2D eigenvalue weighted by Crippen LogP contribution is 2.20. The second-order valence-electron chi connectivity index (χ2n) is 4.91. The maximum absolute atomic E-state index is 12.4. The third kappa shape index (κ3) is 1.97. The third-order valence-electron chi connectivity index (χ3n) is 3.42. The van der Waals surface area contributed by atoms with Crippen molar-refractivity contribution >= 4 is 22.6 Å². The molecule has 0 atom stereocenters. The van der Waals surface area contributed by atoms with Gasteiger partial charge in [-0.25, -0.2) is 0 Å². The van der Waals surface area contributed by atoms with Gasteiger partial charge in [0.1, 0.15) is 5.82 Å². The molecule has 0 radical (unpaired) electrons. The normalized spacial score (nSPS) is 10.9. The number of anilines is 1. The van der Waals surface area contributed by atoms with Crippen LogP contribution in [0.25, 0.3) is 10.9 Å².